The van der Waals surface area contributed by atoms with E-state index in [1.165, 1.54) is 0 Å². The first-order valence-electron chi connectivity index (χ1n) is 5.86. The van der Waals surface area contributed by atoms with Gasteiger partial charge in [0.05, 0.1) is 5.69 Å². The Hall–Kier alpha value is -1.35. The van der Waals surface area contributed by atoms with Crippen molar-refractivity contribution < 1.29 is 9.63 Å². The molecule has 1 aliphatic carbocycles. The first-order chi connectivity index (χ1) is 7.86. The van der Waals surface area contributed by atoms with Gasteiger partial charge in [-0.05, 0) is 25.0 Å². The van der Waals surface area contributed by atoms with Gasteiger partial charge in [-0.3, -0.25) is 15.1 Å². The lowest BCUT2D eigenvalue weighted by atomic mass is 10.1. The summed E-state index contributed by atoms with van der Waals surface area (Å²) in [6.45, 7) is 0. The molecule has 0 radical (unpaired) electrons. The first kappa shape index (κ1) is 11.1. The summed E-state index contributed by atoms with van der Waals surface area (Å²) in [4.78, 5) is 17.1. The quantitative estimate of drug-likeness (QED) is 0.627. The number of hydrogen-bond acceptors (Lipinski definition) is 3. The normalized spacial score (nSPS) is 21.5. The lowest BCUT2D eigenvalue weighted by Crippen LogP contribution is -2.25. The fraction of sp³-hybridized carbons (Fsp3) is 0.462. The molecule has 3 nitrogen and oxygen atoms in total. The van der Waals surface area contributed by atoms with Crippen molar-refractivity contribution in [3.8, 4) is 0 Å². The van der Waals surface area contributed by atoms with Gasteiger partial charge in [0.2, 0.25) is 0 Å². The molecule has 0 bridgehead atoms. The third kappa shape index (κ3) is 3.07. The Morgan fingerprint density at radius 3 is 2.75 bits per heavy atom. The minimum atomic E-state index is -0.275. The van der Waals surface area contributed by atoms with Crippen molar-refractivity contribution >= 4 is 11.5 Å². The summed E-state index contributed by atoms with van der Waals surface area (Å²) < 4.78 is 0. The van der Waals surface area contributed by atoms with Crippen LogP contribution in [0.15, 0.2) is 30.3 Å². The van der Waals surface area contributed by atoms with E-state index >= 15 is 0 Å². The molecule has 1 fully saturated rings. The molecule has 0 saturated heterocycles. The molecule has 1 atom stereocenters. The van der Waals surface area contributed by atoms with Gasteiger partial charge in [0.1, 0.15) is 6.10 Å². The van der Waals surface area contributed by atoms with Crippen LogP contribution in [0.4, 0.5) is 5.69 Å². The van der Waals surface area contributed by atoms with Gasteiger partial charge in [0, 0.05) is 6.42 Å². The molecule has 0 aliphatic heterocycles. The van der Waals surface area contributed by atoms with E-state index in [1.54, 1.807) is 0 Å². The maximum Gasteiger partial charge on any atom is 0.164 e. The van der Waals surface area contributed by atoms with Gasteiger partial charge in [0.25, 0.3) is 0 Å². The van der Waals surface area contributed by atoms with Crippen LogP contribution in [-0.4, -0.2) is 11.9 Å². The zero-order chi connectivity index (χ0) is 11.2. The molecule has 1 aliphatic rings. The molecule has 3 heteroatoms. The highest BCUT2D eigenvalue weighted by Crippen LogP contribution is 2.18. The molecule has 16 heavy (non-hydrogen) atoms. The Morgan fingerprint density at radius 2 is 1.94 bits per heavy atom. The lowest BCUT2D eigenvalue weighted by Gasteiger charge is -2.14. The van der Waals surface area contributed by atoms with E-state index in [4.69, 9.17) is 4.84 Å². The number of ketones is 1. The topological polar surface area (TPSA) is 38.3 Å². The summed E-state index contributed by atoms with van der Waals surface area (Å²) in [5, 5.41) is 0. The van der Waals surface area contributed by atoms with Gasteiger partial charge in [-0.15, -0.1) is 0 Å². The van der Waals surface area contributed by atoms with E-state index in [-0.39, 0.29) is 11.9 Å². The highest BCUT2D eigenvalue weighted by molar-refractivity contribution is 5.83. The van der Waals surface area contributed by atoms with Gasteiger partial charge < -0.3 is 0 Å². The van der Waals surface area contributed by atoms with E-state index in [0.717, 1.165) is 31.4 Å². The van der Waals surface area contributed by atoms with Crippen LogP contribution in [0.1, 0.15) is 32.1 Å². The second kappa shape index (κ2) is 5.66. The Morgan fingerprint density at radius 1 is 1.12 bits per heavy atom. The van der Waals surface area contributed by atoms with E-state index in [9.17, 15) is 4.79 Å². The fourth-order valence-electron chi connectivity index (χ4n) is 1.90. The lowest BCUT2D eigenvalue weighted by molar-refractivity contribution is -0.128. The van der Waals surface area contributed by atoms with Gasteiger partial charge >= 0.3 is 0 Å². The molecular weight excluding hydrogens is 202 g/mol. The standard InChI is InChI=1S/C13H17NO2/c15-12-9-5-2-6-10-13(12)16-14-11-7-3-1-4-8-11/h1,3-4,7-8,13-14H,2,5-6,9-10H2/t13-/m1/s1. The van der Waals surface area contributed by atoms with Crippen LogP contribution in [0.2, 0.25) is 0 Å². The molecular formula is C13H17NO2. The Labute approximate surface area is 95.8 Å². The number of hydrogen-bond donors (Lipinski definition) is 1. The molecule has 0 amide bonds. The number of para-hydroxylation sites is 1. The summed E-state index contributed by atoms with van der Waals surface area (Å²) in [5.74, 6) is 0.223. The van der Waals surface area contributed by atoms with Gasteiger partial charge in [-0.2, -0.15) is 0 Å². The number of Topliss-reactive ketones (excluding diaryl/α,β-unsaturated/α-hetero) is 1. The summed E-state index contributed by atoms with van der Waals surface area (Å²) in [5.41, 5.74) is 3.74. The minimum absolute atomic E-state index is 0.223. The fourth-order valence-corrected chi connectivity index (χ4v) is 1.90. The van der Waals surface area contributed by atoms with Crippen LogP contribution in [0.5, 0.6) is 0 Å². The third-order valence-electron chi connectivity index (χ3n) is 2.84. The molecule has 2 rings (SSSR count). The van der Waals surface area contributed by atoms with Gasteiger partial charge in [-0.25, -0.2) is 0 Å². The average molecular weight is 219 g/mol. The van der Waals surface area contributed by atoms with Crippen molar-refractivity contribution in [3.63, 3.8) is 0 Å². The number of benzene rings is 1. The second-order valence-electron chi connectivity index (χ2n) is 4.14. The van der Waals surface area contributed by atoms with Gasteiger partial charge in [-0.1, -0.05) is 31.0 Å². The highest BCUT2D eigenvalue weighted by atomic mass is 16.7. The monoisotopic (exact) mass is 219 g/mol. The van der Waals surface area contributed by atoms with Crippen LogP contribution in [-0.2, 0) is 9.63 Å². The molecule has 1 aromatic carbocycles. The van der Waals surface area contributed by atoms with E-state index in [1.807, 2.05) is 30.3 Å². The third-order valence-corrected chi connectivity index (χ3v) is 2.84. The molecule has 0 aromatic heterocycles. The number of nitrogens with one attached hydrogen (secondary N) is 1. The predicted octanol–water partition coefficient (Wildman–Crippen LogP) is 2.93. The molecule has 0 heterocycles. The number of rotatable bonds is 3. The van der Waals surface area contributed by atoms with Crippen molar-refractivity contribution in [2.45, 2.75) is 38.2 Å². The Balaban J connectivity index is 1.86. The maximum absolute atomic E-state index is 11.7. The minimum Gasteiger partial charge on any atom is -0.297 e. The Bertz CT molecular complexity index is 337. The Kier molecular flexibility index (Phi) is 3.94. The zero-order valence-corrected chi connectivity index (χ0v) is 9.32. The van der Waals surface area contributed by atoms with Crippen LogP contribution in [0.3, 0.4) is 0 Å². The summed E-state index contributed by atoms with van der Waals surface area (Å²) in [7, 11) is 0. The summed E-state index contributed by atoms with van der Waals surface area (Å²) in [6.07, 6.45) is 4.43. The largest absolute Gasteiger partial charge is 0.297 e. The molecule has 0 spiro atoms. The molecule has 1 aromatic rings. The SMILES string of the molecule is O=C1CCCCC[C@H]1ONc1ccccc1. The maximum atomic E-state index is 11.7. The molecule has 1 N–H and O–H groups in total. The summed E-state index contributed by atoms with van der Waals surface area (Å²) >= 11 is 0. The van der Waals surface area contributed by atoms with Gasteiger partial charge in [0.15, 0.2) is 5.78 Å². The average Bonchev–Trinajstić information content (AvgIpc) is 2.53. The van der Waals surface area contributed by atoms with E-state index < -0.39 is 0 Å². The molecule has 0 unspecified atom stereocenters. The van der Waals surface area contributed by atoms with Crippen molar-refractivity contribution in [1.82, 2.24) is 0 Å². The van der Waals surface area contributed by atoms with Crippen molar-refractivity contribution in [1.29, 1.82) is 0 Å². The molecule has 1 saturated carbocycles. The van der Waals surface area contributed by atoms with Crippen molar-refractivity contribution in [2.75, 3.05) is 5.48 Å². The van der Waals surface area contributed by atoms with Crippen molar-refractivity contribution in [3.05, 3.63) is 30.3 Å². The highest BCUT2D eigenvalue weighted by Gasteiger charge is 2.21. The van der Waals surface area contributed by atoms with Crippen LogP contribution >= 0.6 is 0 Å². The number of anilines is 1. The predicted molar refractivity (Wildman–Crippen MR) is 63.0 cm³/mol. The molecule has 86 valence electrons. The number of carbonyl (C=O) groups is 1. The first-order valence-corrected chi connectivity index (χ1v) is 5.86. The van der Waals surface area contributed by atoms with Crippen LogP contribution < -0.4 is 5.48 Å². The van der Waals surface area contributed by atoms with Crippen LogP contribution in [0, 0.1) is 0 Å². The van der Waals surface area contributed by atoms with E-state index in [0.29, 0.717) is 6.42 Å². The van der Waals surface area contributed by atoms with E-state index in [2.05, 4.69) is 5.48 Å². The van der Waals surface area contributed by atoms with Crippen LogP contribution in [0.25, 0.3) is 0 Å². The zero-order valence-electron chi connectivity index (χ0n) is 9.32. The smallest absolute Gasteiger partial charge is 0.164 e. The number of carbonyl (C=O) groups excluding carboxylic acids is 1. The summed E-state index contributed by atoms with van der Waals surface area (Å²) in [6, 6.07) is 9.64. The van der Waals surface area contributed by atoms with Crippen molar-refractivity contribution in [2.24, 2.45) is 0 Å². The second-order valence-corrected chi connectivity index (χ2v) is 4.14.